The highest BCUT2D eigenvalue weighted by molar-refractivity contribution is 6.68. The van der Waals surface area contributed by atoms with Crippen molar-refractivity contribution in [3.05, 3.63) is 40.4 Å². The van der Waals surface area contributed by atoms with Gasteiger partial charge in [0.25, 0.3) is 0 Å². The van der Waals surface area contributed by atoms with E-state index in [0.717, 1.165) is 6.07 Å². The average molecular weight is 499 g/mol. The molecule has 1 saturated carbocycles. The molecule has 0 aliphatic heterocycles. The van der Waals surface area contributed by atoms with Crippen molar-refractivity contribution in [1.82, 2.24) is 5.32 Å². The Kier molecular flexibility index (Phi) is 7.04. The Morgan fingerprint density at radius 2 is 1.75 bits per heavy atom. The van der Waals surface area contributed by atoms with Gasteiger partial charge in [-0.1, -0.05) is 84.0 Å². The van der Waals surface area contributed by atoms with Gasteiger partial charge in [0, 0.05) is 5.69 Å². The number of nitrogens with one attached hydrogen (secondary N) is 2. The fourth-order valence-electron chi connectivity index (χ4n) is 3.07. The maximum Gasteiger partial charge on any atom is 0.418 e. The second-order valence-corrected chi connectivity index (χ2v) is 10.3. The van der Waals surface area contributed by atoms with Gasteiger partial charge < -0.3 is 10.6 Å². The Balaban J connectivity index is 2.24. The zero-order valence-corrected chi connectivity index (χ0v) is 18.3. The zero-order valence-electron chi connectivity index (χ0n) is 14.6. The molecule has 2 N–H and O–H groups in total. The Bertz CT molecular complexity index is 773. The summed E-state index contributed by atoms with van der Waals surface area (Å²) in [5, 5.41) is 4.95. The monoisotopic (exact) mass is 496 g/mol. The van der Waals surface area contributed by atoms with Crippen LogP contribution in [0.2, 0.25) is 0 Å². The Hall–Kier alpha value is -0.530. The van der Waals surface area contributed by atoms with Gasteiger partial charge in [0.05, 0.1) is 11.5 Å². The van der Waals surface area contributed by atoms with Crippen LogP contribution in [0.3, 0.4) is 0 Å². The molecule has 3 nitrogen and oxygen atoms in total. The lowest BCUT2D eigenvalue weighted by Gasteiger charge is -2.29. The molecule has 0 saturated heterocycles. The number of rotatable bonds is 5. The van der Waals surface area contributed by atoms with E-state index >= 15 is 0 Å². The van der Waals surface area contributed by atoms with E-state index in [4.69, 9.17) is 58.0 Å². The molecule has 1 aromatic carbocycles. The fraction of sp³-hybridized carbons (Fsp3) is 0.471. The quantitative estimate of drug-likeness (QED) is 0.358. The Morgan fingerprint density at radius 1 is 1.18 bits per heavy atom. The summed E-state index contributed by atoms with van der Waals surface area (Å²) in [5.41, 5.74) is -1.74. The molecule has 11 heteroatoms. The molecule has 0 bridgehead atoms. The number of alkyl halides is 6. The normalized spacial score (nSPS) is 22.2. The number of carbonyl (C=O) groups excluding carboxylic acids is 1. The Morgan fingerprint density at radius 3 is 2.25 bits per heavy atom. The zero-order chi connectivity index (χ0) is 21.5. The lowest BCUT2D eigenvalue weighted by molar-refractivity contribution is -0.137. The Labute approximate surface area is 185 Å². The van der Waals surface area contributed by atoms with Gasteiger partial charge in [-0.3, -0.25) is 4.79 Å². The number of hydrogen-bond acceptors (Lipinski definition) is 2. The summed E-state index contributed by atoms with van der Waals surface area (Å²) in [6.45, 7) is 3.65. The SMILES string of the molecule is CC1(C)[C@H](C=C(Cl)Cl)[C@@H]1C(=O)N[C@@H](Nc1ccccc1C(F)(F)F)C(Cl)(Cl)Cl. The van der Waals surface area contributed by atoms with Crippen molar-refractivity contribution >= 4 is 69.6 Å². The van der Waals surface area contributed by atoms with E-state index in [1.807, 2.05) is 13.8 Å². The first-order valence-electron chi connectivity index (χ1n) is 7.98. The number of carbonyl (C=O) groups is 1. The largest absolute Gasteiger partial charge is 0.418 e. The second-order valence-electron chi connectivity index (χ2n) is 6.95. The van der Waals surface area contributed by atoms with E-state index in [-0.39, 0.29) is 16.1 Å². The molecule has 1 aliphatic carbocycles. The molecule has 3 atom stereocenters. The number of para-hydroxylation sites is 1. The molecule has 0 spiro atoms. The van der Waals surface area contributed by atoms with Crippen LogP contribution < -0.4 is 10.6 Å². The van der Waals surface area contributed by atoms with Crippen LogP contribution in [0.5, 0.6) is 0 Å². The molecule has 1 fully saturated rings. The van der Waals surface area contributed by atoms with Crippen LogP contribution in [0.4, 0.5) is 18.9 Å². The number of hydrogen-bond donors (Lipinski definition) is 2. The first kappa shape index (κ1) is 23.7. The van der Waals surface area contributed by atoms with Crippen molar-refractivity contribution in [2.45, 2.75) is 30.0 Å². The third-order valence-electron chi connectivity index (χ3n) is 4.64. The molecule has 0 radical (unpaired) electrons. The van der Waals surface area contributed by atoms with Gasteiger partial charge >= 0.3 is 6.18 Å². The summed E-state index contributed by atoms with van der Waals surface area (Å²) in [7, 11) is 0. The first-order valence-corrected chi connectivity index (χ1v) is 9.87. The minimum atomic E-state index is -4.63. The lowest BCUT2D eigenvalue weighted by Crippen LogP contribution is -2.50. The average Bonchev–Trinajstić information content (AvgIpc) is 3.04. The van der Waals surface area contributed by atoms with Gasteiger partial charge in [0.15, 0.2) is 0 Å². The van der Waals surface area contributed by atoms with Crippen molar-refractivity contribution in [3.63, 3.8) is 0 Å². The van der Waals surface area contributed by atoms with Crippen LogP contribution in [0, 0.1) is 17.3 Å². The fourth-order valence-corrected chi connectivity index (χ4v) is 3.67. The molecule has 1 aliphatic rings. The predicted molar refractivity (Wildman–Crippen MR) is 108 cm³/mol. The van der Waals surface area contributed by atoms with Crippen molar-refractivity contribution in [3.8, 4) is 0 Å². The number of allylic oxidation sites excluding steroid dienone is 1. The summed E-state index contributed by atoms with van der Waals surface area (Å²) >= 11 is 29.0. The van der Waals surface area contributed by atoms with Crippen LogP contribution in [-0.2, 0) is 11.0 Å². The van der Waals surface area contributed by atoms with Crippen molar-refractivity contribution < 1.29 is 18.0 Å². The van der Waals surface area contributed by atoms with Gasteiger partial charge in [0.1, 0.15) is 10.7 Å². The van der Waals surface area contributed by atoms with Crippen LogP contribution in [0.15, 0.2) is 34.8 Å². The van der Waals surface area contributed by atoms with Gasteiger partial charge in [-0.15, -0.1) is 0 Å². The smallest absolute Gasteiger partial charge is 0.361 e. The van der Waals surface area contributed by atoms with Crippen LogP contribution in [0.1, 0.15) is 19.4 Å². The summed E-state index contributed by atoms with van der Waals surface area (Å²) in [4.78, 5) is 12.7. The van der Waals surface area contributed by atoms with Crippen molar-refractivity contribution in [1.29, 1.82) is 0 Å². The van der Waals surface area contributed by atoms with E-state index in [1.54, 1.807) is 0 Å². The molecule has 2 rings (SSSR count). The first-order chi connectivity index (χ1) is 12.7. The topological polar surface area (TPSA) is 41.1 Å². The molecule has 1 aromatic rings. The molecule has 0 aromatic heterocycles. The maximum atomic E-state index is 13.2. The summed E-state index contributed by atoms with van der Waals surface area (Å²) in [6, 6.07) is 4.68. The highest BCUT2D eigenvalue weighted by Crippen LogP contribution is 2.59. The summed E-state index contributed by atoms with van der Waals surface area (Å²) in [6.07, 6.45) is -4.51. The highest BCUT2D eigenvalue weighted by Gasteiger charge is 2.61. The van der Waals surface area contributed by atoms with E-state index < -0.39 is 38.9 Å². The number of benzene rings is 1. The number of halogens is 8. The molecule has 0 heterocycles. The number of anilines is 1. The van der Waals surface area contributed by atoms with Crippen LogP contribution >= 0.6 is 58.0 Å². The van der Waals surface area contributed by atoms with Crippen molar-refractivity contribution in [2.75, 3.05) is 5.32 Å². The molecule has 28 heavy (non-hydrogen) atoms. The van der Waals surface area contributed by atoms with E-state index in [9.17, 15) is 18.0 Å². The van der Waals surface area contributed by atoms with E-state index in [1.165, 1.54) is 24.3 Å². The minimum absolute atomic E-state index is 0.0172. The third-order valence-corrected chi connectivity index (χ3v) is 5.55. The highest BCUT2D eigenvalue weighted by atomic mass is 35.6. The van der Waals surface area contributed by atoms with Crippen LogP contribution in [-0.4, -0.2) is 15.9 Å². The van der Waals surface area contributed by atoms with Gasteiger partial charge in [-0.25, -0.2) is 0 Å². The lowest BCUT2D eigenvalue weighted by atomic mass is 10.1. The van der Waals surface area contributed by atoms with E-state index in [2.05, 4.69) is 10.6 Å². The molecule has 0 unspecified atom stereocenters. The summed E-state index contributed by atoms with van der Waals surface area (Å²) in [5.74, 6) is -1.29. The van der Waals surface area contributed by atoms with Crippen LogP contribution in [0.25, 0.3) is 0 Å². The van der Waals surface area contributed by atoms with E-state index in [0.29, 0.717) is 0 Å². The van der Waals surface area contributed by atoms with Gasteiger partial charge in [0.2, 0.25) is 9.70 Å². The predicted octanol–water partition coefficient (Wildman–Crippen LogP) is 6.52. The van der Waals surface area contributed by atoms with Gasteiger partial charge in [-0.05, 0) is 29.5 Å². The number of amides is 1. The third kappa shape index (κ3) is 5.54. The standard InChI is InChI=1S/C17H16Cl5F3N2O/c1-15(2)9(7-11(18)19)12(15)13(28)27-14(16(20,21)22)26-10-6-4-3-5-8(10)17(23,24)25/h3-7,9,12,14,26H,1-2H3,(H,27,28)/t9-,12-,14-/m1/s1. The molecular weight excluding hydrogens is 482 g/mol. The second kappa shape index (κ2) is 8.31. The van der Waals surface area contributed by atoms with Gasteiger partial charge in [-0.2, -0.15) is 13.2 Å². The molecule has 1 amide bonds. The van der Waals surface area contributed by atoms with Crippen molar-refractivity contribution in [2.24, 2.45) is 17.3 Å². The molecule has 156 valence electrons. The summed E-state index contributed by atoms with van der Waals surface area (Å²) < 4.78 is 37.5. The minimum Gasteiger partial charge on any atom is -0.361 e. The maximum absolute atomic E-state index is 13.2. The molecular formula is C17H16Cl5F3N2O.